The van der Waals surface area contributed by atoms with Crippen molar-refractivity contribution in [3.8, 4) is 11.6 Å². The van der Waals surface area contributed by atoms with E-state index in [0.29, 0.717) is 12.3 Å². The topological polar surface area (TPSA) is 104 Å². The van der Waals surface area contributed by atoms with E-state index in [-0.39, 0.29) is 30.3 Å². The van der Waals surface area contributed by atoms with Gasteiger partial charge in [0.05, 0.1) is 6.54 Å². The Morgan fingerprint density at radius 3 is 2.69 bits per heavy atom. The smallest absolute Gasteiger partial charge is 0.271 e. The summed E-state index contributed by atoms with van der Waals surface area (Å²) >= 11 is 0. The number of nitrogens with one attached hydrogen (secondary N) is 1. The van der Waals surface area contributed by atoms with Gasteiger partial charge in [-0.05, 0) is 42.8 Å². The third kappa shape index (κ3) is 5.07. The molecule has 0 bridgehead atoms. The van der Waals surface area contributed by atoms with Crippen LogP contribution in [0, 0.1) is 6.92 Å². The Balaban J connectivity index is 1.38. The summed E-state index contributed by atoms with van der Waals surface area (Å²) in [5, 5.41) is 7.00. The van der Waals surface area contributed by atoms with Gasteiger partial charge in [0.25, 0.3) is 11.5 Å². The van der Waals surface area contributed by atoms with Crippen LogP contribution >= 0.6 is 0 Å². The number of hydrogen-bond acceptors (Lipinski definition) is 6. The van der Waals surface area contributed by atoms with Gasteiger partial charge in [0.1, 0.15) is 29.7 Å². The van der Waals surface area contributed by atoms with Crippen molar-refractivity contribution in [3.05, 3.63) is 101 Å². The van der Waals surface area contributed by atoms with Crippen LogP contribution in [-0.4, -0.2) is 36.8 Å². The zero-order chi connectivity index (χ0) is 22.3. The molecule has 3 aromatic heterocycles. The predicted molar refractivity (Wildman–Crippen MR) is 118 cm³/mol. The maximum Gasteiger partial charge on any atom is 0.271 e. The molecule has 0 saturated heterocycles. The molecular weight excluding hydrogens is 408 g/mol. The summed E-state index contributed by atoms with van der Waals surface area (Å²) in [4.78, 5) is 33.2. The van der Waals surface area contributed by atoms with Crippen LogP contribution in [0.2, 0.25) is 0 Å². The highest BCUT2D eigenvalue weighted by atomic mass is 16.5. The maximum atomic E-state index is 12.6. The largest absolute Gasteiger partial charge is 0.492 e. The van der Waals surface area contributed by atoms with Crippen molar-refractivity contribution in [1.82, 2.24) is 29.6 Å². The summed E-state index contributed by atoms with van der Waals surface area (Å²) in [6, 6.07) is 15.7. The van der Waals surface area contributed by atoms with Crippen LogP contribution in [-0.2, 0) is 13.1 Å². The molecule has 1 aromatic carbocycles. The molecule has 1 N–H and O–H groups in total. The summed E-state index contributed by atoms with van der Waals surface area (Å²) in [7, 11) is 0. The molecule has 0 aliphatic carbocycles. The third-order valence-electron chi connectivity index (χ3n) is 4.75. The molecule has 4 rings (SSSR count). The fourth-order valence-corrected chi connectivity index (χ4v) is 3.09. The van der Waals surface area contributed by atoms with Crippen molar-refractivity contribution >= 4 is 5.91 Å². The van der Waals surface area contributed by atoms with Gasteiger partial charge in [0, 0.05) is 31.2 Å². The van der Waals surface area contributed by atoms with Gasteiger partial charge in [-0.3, -0.25) is 14.2 Å². The summed E-state index contributed by atoms with van der Waals surface area (Å²) in [5.41, 5.74) is 0.734. The number of hydrogen-bond donors (Lipinski definition) is 1. The van der Waals surface area contributed by atoms with Crippen molar-refractivity contribution < 1.29 is 9.53 Å². The number of carbonyl (C=O) groups is 1. The Morgan fingerprint density at radius 2 is 1.91 bits per heavy atom. The number of ether oxygens (including phenoxy) is 1. The third-order valence-corrected chi connectivity index (χ3v) is 4.75. The van der Waals surface area contributed by atoms with Crippen LogP contribution in [0.3, 0.4) is 0 Å². The van der Waals surface area contributed by atoms with Gasteiger partial charge >= 0.3 is 0 Å². The van der Waals surface area contributed by atoms with Crippen LogP contribution in [0.5, 0.6) is 5.75 Å². The first-order valence-electron chi connectivity index (χ1n) is 10.1. The molecule has 9 nitrogen and oxygen atoms in total. The summed E-state index contributed by atoms with van der Waals surface area (Å²) in [6.07, 6.45) is 5.22. The highest BCUT2D eigenvalue weighted by Crippen LogP contribution is 2.10. The number of aromatic nitrogens is 5. The molecule has 4 aromatic rings. The van der Waals surface area contributed by atoms with E-state index in [1.807, 2.05) is 60.2 Å². The predicted octanol–water partition coefficient (Wildman–Crippen LogP) is 2.14. The van der Waals surface area contributed by atoms with Crippen LogP contribution < -0.4 is 15.6 Å². The fourth-order valence-electron chi connectivity index (χ4n) is 3.09. The molecule has 1 amide bonds. The maximum absolute atomic E-state index is 12.6. The second kappa shape index (κ2) is 9.69. The number of carbonyl (C=O) groups excluding carboxylic acids is 1. The van der Waals surface area contributed by atoms with Gasteiger partial charge < -0.3 is 10.1 Å². The van der Waals surface area contributed by atoms with E-state index in [1.165, 1.54) is 16.8 Å². The molecule has 3 heterocycles. The van der Waals surface area contributed by atoms with E-state index in [0.717, 1.165) is 17.2 Å². The summed E-state index contributed by atoms with van der Waals surface area (Å²) in [5.74, 6) is 1.87. The molecular formula is C23H22N6O3. The van der Waals surface area contributed by atoms with Crippen molar-refractivity contribution in [3.63, 3.8) is 0 Å². The van der Waals surface area contributed by atoms with Gasteiger partial charge in [-0.1, -0.05) is 18.2 Å². The first-order chi connectivity index (χ1) is 15.6. The van der Waals surface area contributed by atoms with E-state index >= 15 is 0 Å². The molecule has 162 valence electrons. The lowest BCUT2D eigenvalue weighted by Gasteiger charge is -2.10. The molecule has 9 heteroatoms. The van der Waals surface area contributed by atoms with Gasteiger partial charge in [0.15, 0.2) is 0 Å². The van der Waals surface area contributed by atoms with Crippen molar-refractivity contribution in [2.75, 3.05) is 6.61 Å². The number of amides is 1. The minimum absolute atomic E-state index is 0.157. The number of pyridine rings is 1. The fraction of sp³-hybridized carbons (Fsp3) is 0.174. The van der Waals surface area contributed by atoms with E-state index in [9.17, 15) is 9.59 Å². The van der Waals surface area contributed by atoms with Crippen molar-refractivity contribution in [2.24, 2.45) is 0 Å². The number of nitrogens with zero attached hydrogens (tertiary/aromatic N) is 5. The summed E-state index contributed by atoms with van der Waals surface area (Å²) in [6.45, 7) is 2.67. The molecule has 0 aliphatic heterocycles. The first-order valence-corrected chi connectivity index (χ1v) is 10.1. The number of imidazole rings is 1. The van der Waals surface area contributed by atoms with Gasteiger partial charge in [0.2, 0.25) is 0 Å². The van der Waals surface area contributed by atoms with Crippen LogP contribution in [0.15, 0.2) is 78.0 Å². The second-order valence-corrected chi connectivity index (χ2v) is 6.99. The minimum atomic E-state index is -0.375. The zero-order valence-corrected chi connectivity index (χ0v) is 17.5. The van der Waals surface area contributed by atoms with Crippen molar-refractivity contribution in [2.45, 2.75) is 20.0 Å². The zero-order valence-electron chi connectivity index (χ0n) is 17.5. The highest BCUT2D eigenvalue weighted by Gasteiger charge is 2.10. The SMILES string of the molecule is Cc1nccn1-c1cc(CNC(=O)c2ccc(=O)n(CCOc3ccccc3)n2)ccn1. The molecule has 0 saturated carbocycles. The molecule has 0 fully saturated rings. The average molecular weight is 430 g/mol. The molecule has 0 radical (unpaired) electrons. The average Bonchev–Trinajstić information content (AvgIpc) is 3.25. The lowest BCUT2D eigenvalue weighted by molar-refractivity contribution is 0.0943. The Morgan fingerprint density at radius 1 is 1.06 bits per heavy atom. The monoisotopic (exact) mass is 430 g/mol. The minimum Gasteiger partial charge on any atom is -0.492 e. The molecule has 0 aliphatic rings. The van der Waals surface area contributed by atoms with E-state index < -0.39 is 0 Å². The van der Waals surface area contributed by atoms with Gasteiger partial charge in [-0.15, -0.1) is 0 Å². The van der Waals surface area contributed by atoms with Gasteiger partial charge in [-0.2, -0.15) is 5.10 Å². The Kier molecular flexibility index (Phi) is 6.35. The van der Waals surface area contributed by atoms with Gasteiger partial charge in [-0.25, -0.2) is 14.6 Å². The first kappa shape index (κ1) is 21.0. The lowest BCUT2D eigenvalue weighted by Crippen LogP contribution is -2.30. The number of para-hydroxylation sites is 1. The van der Waals surface area contributed by atoms with E-state index in [2.05, 4.69) is 20.4 Å². The quantitative estimate of drug-likeness (QED) is 0.459. The van der Waals surface area contributed by atoms with E-state index in [4.69, 9.17) is 4.74 Å². The number of rotatable bonds is 8. The van der Waals surface area contributed by atoms with Crippen LogP contribution in [0.25, 0.3) is 5.82 Å². The van der Waals surface area contributed by atoms with Crippen LogP contribution in [0.1, 0.15) is 21.9 Å². The second-order valence-electron chi connectivity index (χ2n) is 6.99. The Hall–Kier alpha value is -4.27. The highest BCUT2D eigenvalue weighted by molar-refractivity contribution is 5.91. The Labute approximate surface area is 184 Å². The van der Waals surface area contributed by atoms with Crippen molar-refractivity contribution in [1.29, 1.82) is 0 Å². The molecule has 0 atom stereocenters. The lowest BCUT2D eigenvalue weighted by atomic mass is 10.2. The number of aryl methyl sites for hydroxylation is 1. The molecule has 32 heavy (non-hydrogen) atoms. The molecule has 0 spiro atoms. The standard InChI is InChI=1S/C23H22N6O3/c1-17-24-11-12-28(17)21-15-18(9-10-25-21)16-26-23(31)20-7-8-22(30)29(27-20)13-14-32-19-5-3-2-4-6-19/h2-12,15H,13-14,16H2,1H3,(H,26,31). The number of benzene rings is 1. The Bertz CT molecular complexity index is 1270. The van der Waals surface area contributed by atoms with E-state index in [1.54, 1.807) is 12.4 Å². The van der Waals surface area contributed by atoms with Crippen LogP contribution in [0.4, 0.5) is 0 Å². The normalized spacial score (nSPS) is 10.7. The molecule has 0 unspecified atom stereocenters. The summed E-state index contributed by atoms with van der Waals surface area (Å²) < 4.78 is 8.70.